The van der Waals surface area contributed by atoms with Gasteiger partial charge < -0.3 is 4.74 Å². The van der Waals surface area contributed by atoms with Crippen LogP contribution in [-0.4, -0.2) is 28.2 Å². The van der Waals surface area contributed by atoms with Gasteiger partial charge in [-0.15, -0.1) is 0 Å². The second kappa shape index (κ2) is 7.38. The number of benzene rings is 1. The van der Waals surface area contributed by atoms with Crippen molar-refractivity contribution in [3.8, 4) is 0 Å². The van der Waals surface area contributed by atoms with E-state index in [9.17, 15) is 12.8 Å². The van der Waals surface area contributed by atoms with E-state index < -0.39 is 20.9 Å². The monoisotopic (exact) mass is 341 g/mol. The van der Waals surface area contributed by atoms with Crippen LogP contribution in [0.2, 0.25) is 10.0 Å². The molecule has 1 aromatic carbocycles. The van der Waals surface area contributed by atoms with Crippen molar-refractivity contribution < 1.29 is 17.5 Å². The predicted molar refractivity (Wildman–Crippen MR) is 77.2 cm³/mol. The summed E-state index contributed by atoms with van der Waals surface area (Å²) < 4.78 is 44.7. The van der Waals surface area contributed by atoms with Gasteiger partial charge in [-0.05, 0) is 19.1 Å². The van der Waals surface area contributed by atoms with Crippen molar-refractivity contribution in [1.29, 1.82) is 0 Å². The SMILES string of the molecule is C=C(C)COCCNS(=O)(=O)c1ccc(Cl)c(F)c1Cl. The van der Waals surface area contributed by atoms with Gasteiger partial charge in [-0.25, -0.2) is 17.5 Å². The van der Waals surface area contributed by atoms with Crippen LogP contribution in [0, 0.1) is 5.82 Å². The summed E-state index contributed by atoms with van der Waals surface area (Å²) in [5.41, 5.74) is 0.829. The van der Waals surface area contributed by atoms with Gasteiger partial charge in [0.25, 0.3) is 0 Å². The Morgan fingerprint density at radius 1 is 1.45 bits per heavy atom. The van der Waals surface area contributed by atoms with Crippen molar-refractivity contribution in [1.82, 2.24) is 4.72 Å². The molecule has 0 spiro atoms. The van der Waals surface area contributed by atoms with Crippen molar-refractivity contribution in [2.45, 2.75) is 11.8 Å². The Morgan fingerprint density at radius 3 is 2.70 bits per heavy atom. The number of nitrogens with one attached hydrogen (secondary N) is 1. The quantitative estimate of drug-likeness (QED) is 0.471. The summed E-state index contributed by atoms with van der Waals surface area (Å²) >= 11 is 11.2. The number of sulfonamides is 1. The van der Waals surface area contributed by atoms with Gasteiger partial charge in [0.1, 0.15) is 4.90 Å². The molecule has 0 aliphatic carbocycles. The van der Waals surface area contributed by atoms with Crippen LogP contribution in [0.4, 0.5) is 4.39 Å². The molecule has 0 aromatic heterocycles. The van der Waals surface area contributed by atoms with E-state index in [4.69, 9.17) is 27.9 Å². The van der Waals surface area contributed by atoms with E-state index in [0.717, 1.165) is 17.7 Å². The second-order valence-electron chi connectivity index (χ2n) is 4.08. The highest BCUT2D eigenvalue weighted by Crippen LogP contribution is 2.29. The number of rotatable bonds is 7. The fourth-order valence-corrected chi connectivity index (χ4v) is 3.04. The molecule has 0 radical (unpaired) electrons. The molecule has 1 N–H and O–H groups in total. The van der Waals surface area contributed by atoms with Crippen molar-refractivity contribution >= 4 is 33.2 Å². The fourth-order valence-electron chi connectivity index (χ4n) is 1.29. The van der Waals surface area contributed by atoms with E-state index in [1.54, 1.807) is 6.92 Å². The zero-order chi connectivity index (χ0) is 15.3. The van der Waals surface area contributed by atoms with Crippen molar-refractivity contribution in [2.24, 2.45) is 0 Å². The van der Waals surface area contributed by atoms with Crippen molar-refractivity contribution in [3.63, 3.8) is 0 Å². The lowest BCUT2D eigenvalue weighted by atomic mass is 10.3. The van der Waals surface area contributed by atoms with E-state index in [-0.39, 0.29) is 23.1 Å². The third-order valence-corrected chi connectivity index (χ3v) is 4.45. The van der Waals surface area contributed by atoms with E-state index >= 15 is 0 Å². The standard InChI is InChI=1S/C12H14Cl2FNO3S/c1-8(2)7-19-6-5-16-20(17,18)10-4-3-9(13)12(15)11(10)14/h3-4,16H,1,5-7H2,2H3. The molecule has 20 heavy (non-hydrogen) atoms. The molecule has 8 heteroatoms. The smallest absolute Gasteiger partial charge is 0.242 e. The fraction of sp³-hybridized carbons (Fsp3) is 0.333. The number of ether oxygens (including phenoxy) is 1. The Balaban J connectivity index is 2.70. The zero-order valence-electron chi connectivity index (χ0n) is 10.8. The largest absolute Gasteiger partial charge is 0.376 e. The first-order valence-electron chi connectivity index (χ1n) is 5.61. The van der Waals surface area contributed by atoms with Gasteiger partial charge in [-0.3, -0.25) is 0 Å². The minimum absolute atomic E-state index is 0.0379. The zero-order valence-corrected chi connectivity index (χ0v) is 13.1. The van der Waals surface area contributed by atoms with Gasteiger partial charge in [0.15, 0.2) is 5.82 Å². The molecule has 0 saturated carbocycles. The molecular weight excluding hydrogens is 328 g/mol. The summed E-state index contributed by atoms with van der Waals surface area (Å²) in [5, 5.41) is -0.772. The maximum absolute atomic E-state index is 13.5. The number of halogens is 3. The van der Waals surface area contributed by atoms with Crippen molar-refractivity contribution in [3.05, 3.63) is 40.1 Å². The molecule has 0 aliphatic heterocycles. The van der Waals surface area contributed by atoms with Gasteiger partial charge >= 0.3 is 0 Å². The van der Waals surface area contributed by atoms with Crippen LogP contribution in [0.3, 0.4) is 0 Å². The summed E-state index contributed by atoms with van der Waals surface area (Å²) in [5.74, 6) is -0.963. The molecule has 0 amide bonds. The molecular formula is C12H14Cl2FNO3S. The number of hydrogen-bond acceptors (Lipinski definition) is 3. The summed E-state index contributed by atoms with van der Waals surface area (Å²) in [4.78, 5) is -0.360. The highest BCUT2D eigenvalue weighted by atomic mass is 35.5. The molecule has 0 fully saturated rings. The minimum atomic E-state index is -3.91. The maximum Gasteiger partial charge on any atom is 0.242 e. The van der Waals surface area contributed by atoms with Crippen LogP contribution in [0.5, 0.6) is 0 Å². The average Bonchev–Trinajstić information content (AvgIpc) is 2.34. The van der Waals surface area contributed by atoms with Crippen molar-refractivity contribution in [2.75, 3.05) is 19.8 Å². The molecule has 1 rings (SSSR count). The Kier molecular flexibility index (Phi) is 6.42. The Hall–Kier alpha value is -0.660. The molecule has 0 aliphatic rings. The Bertz CT molecular complexity index is 605. The third-order valence-electron chi connectivity index (χ3n) is 2.18. The highest BCUT2D eigenvalue weighted by Gasteiger charge is 2.21. The van der Waals surface area contributed by atoms with Gasteiger partial charge in [-0.1, -0.05) is 35.4 Å². The highest BCUT2D eigenvalue weighted by molar-refractivity contribution is 7.89. The summed E-state index contributed by atoms with van der Waals surface area (Å²) in [7, 11) is -3.91. The molecule has 0 bridgehead atoms. The third kappa shape index (κ3) is 4.71. The molecule has 4 nitrogen and oxygen atoms in total. The molecule has 112 valence electrons. The van der Waals surface area contributed by atoms with Crippen LogP contribution >= 0.6 is 23.2 Å². The van der Waals surface area contributed by atoms with Crippen LogP contribution in [0.1, 0.15) is 6.92 Å². The van der Waals surface area contributed by atoms with Gasteiger partial charge in [0.05, 0.1) is 23.3 Å². The Labute approximate surface area is 127 Å². The normalized spacial score (nSPS) is 11.6. The van der Waals surface area contributed by atoms with Crippen LogP contribution in [0.15, 0.2) is 29.2 Å². The first-order valence-corrected chi connectivity index (χ1v) is 7.85. The lowest BCUT2D eigenvalue weighted by Crippen LogP contribution is -2.28. The molecule has 0 saturated heterocycles. The minimum Gasteiger partial charge on any atom is -0.376 e. The Morgan fingerprint density at radius 2 is 2.10 bits per heavy atom. The molecule has 0 atom stereocenters. The molecule has 0 unspecified atom stereocenters. The summed E-state index contributed by atoms with van der Waals surface area (Å²) in [6.07, 6.45) is 0. The van der Waals surface area contributed by atoms with E-state index in [1.165, 1.54) is 0 Å². The maximum atomic E-state index is 13.5. The lowest BCUT2D eigenvalue weighted by molar-refractivity contribution is 0.162. The second-order valence-corrected chi connectivity index (χ2v) is 6.60. The van der Waals surface area contributed by atoms with Crippen LogP contribution < -0.4 is 4.72 Å². The average molecular weight is 342 g/mol. The first kappa shape index (κ1) is 17.4. The van der Waals surface area contributed by atoms with Crippen LogP contribution in [0.25, 0.3) is 0 Å². The summed E-state index contributed by atoms with van der Waals surface area (Å²) in [6.45, 7) is 5.99. The van der Waals surface area contributed by atoms with Gasteiger partial charge in [0, 0.05) is 6.54 Å². The molecule has 1 aromatic rings. The van der Waals surface area contributed by atoms with E-state index in [0.29, 0.717) is 6.61 Å². The van der Waals surface area contributed by atoms with E-state index in [1.807, 2.05) is 0 Å². The van der Waals surface area contributed by atoms with E-state index in [2.05, 4.69) is 11.3 Å². The topological polar surface area (TPSA) is 55.4 Å². The van der Waals surface area contributed by atoms with Gasteiger partial charge in [-0.2, -0.15) is 0 Å². The molecule has 0 heterocycles. The summed E-state index contributed by atoms with van der Waals surface area (Å²) in [6, 6.07) is 2.28. The van der Waals surface area contributed by atoms with Gasteiger partial charge in [0.2, 0.25) is 10.0 Å². The number of hydrogen-bond donors (Lipinski definition) is 1. The lowest BCUT2D eigenvalue weighted by Gasteiger charge is -2.09. The first-order chi connectivity index (χ1) is 9.25. The van der Waals surface area contributed by atoms with Crippen LogP contribution in [-0.2, 0) is 14.8 Å². The predicted octanol–water partition coefficient (Wildman–Crippen LogP) is 3.00.